The monoisotopic (exact) mass is 714 g/mol. The predicted octanol–water partition coefficient (Wildman–Crippen LogP) is 2.70. The maximum atomic E-state index is 13.7. The lowest BCUT2D eigenvalue weighted by Gasteiger charge is -2.49. The summed E-state index contributed by atoms with van der Waals surface area (Å²) in [7, 11) is 2.85. The van der Waals surface area contributed by atoms with E-state index in [4.69, 9.17) is 56.8 Å². The van der Waals surface area contributed by atoms with Gasteiger partial charge in [-0.2, -0.15) is 0 Å². The number of benzene rings is 2. The normalized spacial score (nSPS) is 31.7. The van der Waals surface area contributed by atoms with E-state index in [-0.39, 0.29) is 37.3 Å². The quantitative estimate of drug-likeness (QED) is 0.221. The Morgan fingerprint density at radius 2 is 1.43 bits per heavy atom. The first-order valence-corrected chi connectivity index (χ1v) is 16.4. The molecule has 1 aliphatic carbocycles. The summed E-state index contributed by atoms with van der Waals surface area (Å²) in [6.07, 6.45) is -6.80. The molecule has 2 aromatic rings. The molecule has 7 rings (SSSR count). The molecule has 16 heteroatoms. The van der Waals surface area contributed by atoms with E-state index in [0.29, 0.717) is 28.2 Å². The van der Waals surface area contributed by atoms with Crippen LogP contribution in [-0.4, -0.2) is 95.1 Å². The summed E-state index contributed by atoms with van der Waals surface area (Å²) < 4.78 is 70.1. The van der Waals surface area contributed by atoms with Crippen LogP contribution in [-0.2, 0) is 52.3 Å². The third kappa shape index (κ3) is 6.41. The minimum atomic E-state index is -1.31. The number of methoxy groups -OCH3 is 2. The number of hydrogen-bond donors (Lipinski definition) is 0. The summed E-state index contributed by atoms with van der Waals surface area (Å²) in [6, 6.07) is 6.92. The van der Waals surface area contributed by atoms with Crippen molar-refractivity contribution in [2.24, 2.45) is 11.8 Å². The largest absolute Gasteiger partial charge is 0.493 e. The van der Waals surface area contributed by atoms with Gasteiger partial charge in [-0.05, 0) is 47.9 Å². The number of ether oxygens (including phenoxy) is 12. The van der Waals surface area contributed by atoms with Crippen molar-refractivity contribution in [1.82, 2.24) is 0 Å². The van der Waals surface area contributed by atoms with Crippen molar-refractivity contribution in [1.29, 1.82) is 0 Å². The molecule has 3 fully saturated rings. The molecule has 0 N–H and O–H groups in total. The van der Waals surface area contributed by atoms with Gasteiger partial charge in [-0.25, -0.2) is 0 Å². The van der Waals surface area contributed by atoms with Gasteiger partial charge in [0.15, 0.2) is 47.8 Å². The van der Waals surface area contributed by atoms with Crippen LogP contribution < -0.4 is 23.7 Å². The van der Waals surface area contributed by atoms with Crippen molar-refractivity contribution in [3.63, 3.8) is 0 Å². The second kappa shape index (κ2) is 13.8. The average molecular weight is 715 g/mol. The number of hydrogen-bond acceptors (Lipinski definition) is 16. The van der Waals surface area contributed by atoms with E-state index in [1.54, 1.807) is 31.2 Å². The Kier molecular flexibility index (Phi) is 9.43. The fourth-order valence-electron chi connectivity index (χ4n) is 7.58. The van der Waals surface area contributed by atoms with Crippen LogP contribution in [0, 0.1) is 11.8 Å². The van der Waals surface area contributed by atoms with Crippen LogP contribution in [0.5, 0.6) is 28.7 Å². The lowest BCUT2D eigenvalue weighted by atomic mass is 9.66. The summed E-state index contributed by atoms with van der Waals surface area (Å²) in [5.74, 6) is -3.02. The molecule has 4 aliphatic heterocycles. The van der Waals surface area contributed by atoms with Gasteiger partial charge in [0.1, 0.15) is 12.2 Å². The van der Waals surface area contributed by atoms with Crippen molar-refractivity contribution in [2.45, 2.75) is 76.7 Å². The van der Waals surface area contributed by atoms with Crippen LogP contribution in [0.25, 0.3) is 0 Å². The van der Waals surface area contributed by atoms with E-state index in [0.717, 1.165) is 0 Å². The Bertz CT molecular complexity index is 1700. The van der Waals surface area contributed by atoms with Crippen LogP contribution in [0.4, 0.5) is 0 Å². The molecule has 2 aromatic carbocycles. The zero-order chi connectivity index (χ0) is 36.1. The molecule has 16 nitrogen and oxygen atoms in total. The van der Waals surface area contributed by atoms with Gasteiger partial charge in [0.2, 0.25) is 12.5 Å². The summed E-state index contributed by atoms with van der Waals surface area (Å²) in [6.45, 7) is 5.45. The standard InChI is InChI=1S/C35H38O16/c1-14(36)46-30-24(40-5)7-18(8-25(30)41-6)27-19-9-22-23(45-13-44-22)10-20(19)29(21-11-43-34(39)28(21)27)51-35-33(48-16(3)38)32(47-15(2)37)31-26(50-35)12-42-17(4)49-31/h7-10,17,21,26-29,31-33,35H,11-13H2,1-6H3/t17-,21?,26-,27-,28+,29?,31-,32+,33-,35+/m1/s1. The third-order valence-corrected chi connectivity index (χ3v) is 9.53. The first-order valence-electron chi connectivity index (χ1n) is 16.4. The molecule has 274 valence electrons. The van der Waals surface area contributed by atoms with E-state index in [1.807, 2.05) is 0 Å². The van der Waals surface area contributed by atoms with E-state index < -0.39 is 84.7 Å². The van der Waals surface area contributed by atoms with Crippen molar-refractivity contribution in [2.75, 3.05) is 34.2 Å². The molecule has 4 heterocycles. The first-order chi connectivity index (χ1) is 24.5. The molecule has 0 aromatic heterocycles. The van der Waals surface area contributed by atoms with Gasteiger partial charge in [-0.15, -0.1) is 0 Å². The van der Waals surface area contributed by atoms with Crippen LogP contribution in [0.1, 0.15) is 56.4 Å². The Labute approximate surface area is 292 Å². The minimum Gasteiger partial charge on any atom is -0.493 e. The van der Waals surface area contributed by atoms with E-state index in [1.165, 1.54) is 35.0 Å². The van der Waals surface area contributed by atoms with Crippen LogP contribution in [0.2, 0.25) is 0 Å². The van der Waals surface area contributed by atoms with Gasteiger partial charge in [0.25, 0.3) is 0 Å². The highest BCUT2D eigenvalue weighted by Gasteiger charge is 2.58. The maximum absolute atomic E-state index is 13.7. The van der Waals surface area contributed by atoms with Crippen molar-refractivity contribution >= 4 is 23.9 Å². The maximum Gasteiger partial charge on any atom is 0.310 e. The molecule has 0 amide bonds. The average Bonchev–Trinajstić information content (AvgIpc) is 3.71. The SMILES string of the molecule is COc1cc([C@@H]2c3cc4c(cc3C(O[C@@H]3O[C@@H]5CO[C@@H](C)O[C@H]5[C@H](OC(C)=O)[C@H]3OC(C)=O)C3COC(=O)[C@@H]32)OCO4)cc(OC)c1OC(C)=O. The Hall–Kier alpha value is -4.64. The topological polar surface area (TPSA) is 179 Å². The predicted molar refractivity (Wildman–Crippen MR) is 167 cm³/mol. The molecule has 0 radical (unpaired) electrons. The lowest BCUT2D eigenvalue weighted by molar-refractivity contribution is -0.365. The van der Waals surface area contributed by atoms with E-state index >= 15 is 0 Å². The summed E-state index contributed by atoms with van der Waals surface area (Å²) in [5.41, 5.74) is 1.86. The van der Waals surface area contributed by atoms with Gasteiger partial charge < -0.3 is 56.8 Å². The summed E-state index contributed by atoms with van der Waals surface area (Å²) >= 11 is 0. The van der Waals surface area contributed by atoms with Gasteiger partial charge in [-0.1, -0.05) is 0 Å². The van der Waals surface area contributed by atoms with Gasteiger partial charge in [-0.3, -0.25) is 19.2 Å². The highest BCUT2D eigenvalue weighted by atomic mass is 16.8. The van der Waals surface area contributed by atoms with E-state index in [9.17, 15) is 19.2 Å². The van der Waals surface area contributed by atoms with Crippen molar-refractivity contribution < 1.29 is 76.0 Å². The Balaban J connectivity index is 1.34. The fraction of sp³-hybridized carbons (Fsp3) is 0.543. The van der Waals surface area contributed by atoms with Crippen molar-refractivity contribution in [3.05, 3.63) is 41.0 Å². The summed E-state index contributed by atoms with van der Waals surface area (Å²) in [4.78, 5) is 50.5. The Morgan fingerprint density at radius 3 is 2.06 bits per heavy atom. The molecule has 3 saturated heterocycles. The van der Waals surface area contributed by atoms with Gasteiger partial charge in [0.05, 0.1) is 39.5 Å². The molecule has 0 spiro atoms. The molecule has 51 heavy (non-hydrogen) atoms. The highest BCUT2D eigenvalue weighted by Crippen LogP contribution is 2.57. The zero-order valence-electron chi connectivity index (χ0n) is 28.7. The summed E-state index contributed by atoms with van der Waals surface area (Å²) in [5, 5.41) is 0. The van der Waals surface area contributed by atoms with Gasteiger partial charge in [0, 0.05) is 32.6 Å². The zero-order valence-corrected chi connectivity index (χ0v) is 28.7. The second-order valence-electron chi connectivity index (χ2n) is 12.7. The molecular weight excluding hydrogens is 676 g/mol. The molecule has 10 atom stereocenters. The smallest absolute Gasteiger partial charge is 0.310 e. The first kappa shape index (κ1) is 34.8. The van der Waals surface area contributed by atoms with Crippen LogP contribution in [0.15, 0.2) is 24.3 Å². The van der Waals surface area contributed by atoms with Crippen LogP contribution >= 0.6 is 0 Å². The third-order valence-electron chi connectivity index (χ3n) is 9.53. The number of rotatable bonds is 8. The number of esters is 4. The molecule has 0 bridgehead atoms. The van der Waals surface area contributed by atoms with Gasteiger partial charge >= 0.3 is 23.9 Å². The molecule has 2 unspecified atom stereocenters. The Morgan fingerprint density at radius 1 is 0.784 bits per heavy atom. The minimum absolute atomic E-state index is 0.0200. The number of fused-ring (bicyclic) bond motifs is 4. The second-order valence-corrected chi connectivity index (χ2v) is 12.7. The molecule has 5 aliphatic rings. The number of carbonyl (C=O) groups excluding carboxylic acids is 4. The van der Waals surface area contributed by atoms with E-state index in [2.05, 4.69) is 0 Å². The number of cyclic esters (lactones) is 1. The number of carbonyl (C=O) groups is 4. The van der Waals surface area contributed by atoms with Crippen molar-refractivity contribution in [3.8, 4) is 28.7 Å². The highest BCUT2D eigenvalue weighted by molar-refractivity contribution is 5.79. The fourth-order valence-corrected chi connectivity index (χ4v) is 7.58. The van der Waals surface area contributed by atoms with Crippen LogP contribution in [0.3, 0.4) is 0 Å². The molecular formula is C35H38O16. The molecule has 0 saturated carbocycles. The lowest BCUT2D eigenvalue weighted by Crippen LogP contribution is -2.65.